The molecule has 0 radical (unpaired) electrons. The van der Waals surface area contributed by atoms with Gasteiger partial charge in [-0.3, -0.25) is 0 Å². The predicted molar refractivity (Wildman–Crippen MR) is 176 cm³/mol. The number of likely N-dealkylation sites (tertiary alicyclic amines) is 2. The van der Waals surface area contributed by atoms with Crippen LogP contribution in [0.3, 0.4) is 0 Å². The van der Waals surface area contributed by atoms with Crippen molar-refractivity contribution in [3.05, 3.63) is 47.3 Å². The molecule has 0 saturated carbocycles. The topological polar surface area (TPSA) is 141 Å². The molecule has 2 aliphatic heterocycles. The van der Waals surface area contributed by atoms with E-state index in [1.165, 1.54) is 19.2 Å². The van der Waals surface area contributed by atoms with E-state index in [-0.39, 0.29) is 35.4 Å². The lowest BCUT2D eigenvalue weighted by atomic mass is 9.92. The number of benzene rings is 2. The molecular formula is C35H44F2N4O8. The average Bonchev–Trinajstić information content (AvgIpc) is 3.67. The van der Waals surface area contributed by atoms with Crippen molar-refractivity contribution in [3.63, 3.8) is 0 Å². The molecule has 6 rings (SSSR count). The molecule has 49 heavy (non-hydrogen) atoms. The first-order valence-electron chi connectivity index (χ1n) is 16.4. The zero-order valence-corrected chi connectivity index (χ0v) is 29.0. The number of phenolic OH excluding ortho intramolecular Hbond substituents is 1. The van der Waals surface area contributed by atoms with E-state index < -0.39 is 28.6 Å². The van der Waals surface area contributed by atoms with Gasteiger partial charge in [0.1, 0.15) is 11.2 Å². The van der Waals surface area contributed by atoms with Gasteiger partial charge in [0.05, 0.1) is 18.5 Å². The van der Waals surface area contributed by atoms with Gasteiger partial charge < -0.3 is 38.2 Å². The first kappa shape index (κ1) is 35.7. The van der Waals surface area contributed by atoms with Crippen molar-refractivity contribution in [2.45, 2.75) is 90.3 Å². The maximum atomic E-state index is 13.8. The van der Waals surface area contributed by atoms with Crippen molar-refractivity contribution in [1.29, 1.82) is 0 Å². The van der Waals surface area contributed by atoms with Crippen LogP contribution < -0.4 is 4.74 Å². The van der Waals surface area contributed by atoms with Crippen LogP contribution in [0.2, 0.25) is 0 Å². The maximum absolute atomic E-state index is 13.8. The first-order chi connectivity index (χ1) is 23.1. The smallest absolute Gasteiger partial charge is 0.410 e. The Bertz CT molecular complexity index is 1790. The van der Waals surface area contributed by atoms with Gasteiger partial charge in [-0.05, 0) is 91.5 Å². The van der Waals surface area contributed by atoms with Crippen molar-refractivity contribution >= 4 is 34.1 Å². The Balaban J connectivity index is 0.000000191. The summed E-state index contributed by atoms with van der Waals surface area (Å²) in [6.07, 6.45) is 2.31. The number of nitrogens with zero attached hydrogens (tertiary/aromatic N) is 4. The number of piperidine rings is 2. The molecule has 4 aromatic rings. The number of methoxy groups -OCH3 is 1. The second kappa shape index (κ2) is 14.1. The van der Waals surface area contributed by atoms with E-state index in [1.54, 1.807) is 21.9 Å². The lowest BCUT2D eigenvalue weighted by Gasteiger charge is -2.32. The molecule has 0 bridgehead atoms. The Kier molecular flexibility index (Phi) is 10.3. The second-order valence-corrected chi connectivity index (χ2v) is 14.3. The summed E-state index contributed by atoms with van der Waals surface area (Å²) in [7, 11) is 1.40. The number of rotatable bonds is 3. The van der Waals surface area contributed by atoms with Crippen LogP contribution >= 0.6 is 0 Å². The number of hydrogen-bond donors (Lipinski definition) is 1. The number of ether oxygens (including phenoxy) is 3. The van der Waals surface area contributed by atoms with E-state index >= 15 is 0 Å². The molecule has 14 heteroatoms. The van der Waals surface area contributed by atoms with Crippen molar-refractivity contribution < 1.29 is 46.7 Å². The van der Waals surface area contributed by atoms with Gasteiger partial charge in [-0.25, -0.2) is 18.4 Å². The lowest BCUT2D eigenvalue weighted by Crippen LogP contribution is -2.41. The van der Waals surface area contributed by atoms with Gasteiger partial charge in [0, 0.05) is 48.8 Å². The van der Waals surface area contributed by atoms with Crippen LogP contribution in [0.5, 0.6) is 11.5 Å². The predicted octanol–water partition coefficient (Wildman–Crippen LogP) is 7.88. The minimum Gasteiger partial charge on any atom is -0.502 e. The van der Waals surface area contributed by atoms with E-state index in [2.05, 4.69) is 10.3 Å². The third-order valence-electron chi connectivity index (χ3n) is 8.44. The molecule has 1 N–H and O–H groups in total. The summed E-state index contributed by atoms with van der Waals surface area (Å²) in [4.78, 5) is 27.6. The first-order valence-corrected chi connectivity index (χ1v) is 16.4. The van der Waals surface area contributed by atoms with Gasteiger partial charge >= 0.3 is 12.2 Å². The van der Waals surface area contributed by atoms with Gasteiger partial charge in [-0.2, -0.15) is 0 Å². The van der Waals surface area contributed by atoms with Gasteiger partial charge in [0.2, 0.25) is 16.9 Å². The molecule has 2 aromatic carbocycles. The highest BCUT2D eigenvalue weighted by Gasteiger charge is 2.32. The minimum absolute atomic E-state index is 0.0690. The highest BCUT2D eigenvalue weighted by molar-refractivity contribution is 5.86. The monoisotopic (exact) mass is 686 g/mol. The zero-order chi connectivity index (χ0) is 35.7. The van der Waals surface area contributed by atoms with Crippen LogP contribution in [0.25, 0.3) is 21.9 Å². The van der Waals surface area contributed by atoms with Crippen LogP contribution in [0.1, 0.15) is 90.4 Å². The maximum Gasteiger partial charge on any atom is 0.410 e. The van der Waals surface area contributed by atoms with Crippen LogP contribution in [0.15, 0.2) is 33.3 Å². The number of carbonyl (C=O) groups is 2. The third kappa shape index (κ3) is 8.16. The normalized spacial score (nSPS) is 16.4. The summed E-state index contributed by atoms with van der Waals surface area (Å²) in [5, 5.41) is 19.2. The Morgan fingerprint density at radius 2 is 1.14 bits per heavy atom. The quantitative estimate of drug-likeness (QED) is 0.226. The van der Waals surface area contributed by atoms with Crippen molar-refractivity contribution in [2.75, 3.05) is 33.3 Å². The molecule has 2 fully saturated rings. The summed E-state index contributed by atoms with van der Waals surface area (Å²) < 4.78 is 53.5. The minimum atomic E-state index is -0.732. The highest BCUT2D eigenvalue weighted by Crippen LogP contribution is 2.38. The molecule has 2 saturated heterocycles. The summed E-state index contributed by atoms with van der Waals surface area (Å²) in [5.74, 6) is -1.41. The molecule has 12 nitrogen and oxygen atoms in total. The standard InChI is InChI=1S/C18H23FN2O4.C17H21FN2O4/c1-18(2,3)24-17(22)21-9-7-11(8-10-21)14-12-5-6-13(19)16(23-4)15(12)25-20-14;1-17(2,3)23-16(22)20-8-6-10(7-9-20)13-11-4-5-12(18)14(21)15(11)24-19-13/h5-6,11H,7-10H2,1-4H3;4-5,10,21H,6-9H2,1-3H3. The van der Waals surface area contributed by atoms with Crippen LogP contribution in [0.4, 0.5) is 18.4 Å². The number of hydrogen-bond acceptors (Lipinski definition) is 10. The zero-order valence-electron chi connectivity index (χ0n) is 29.0. The molecule has 2 amide bonds. The molecule has 4 heterocycles. The Morgan fingerprint density at radius 1 is 0.735 bits per heavy atom. The molecule has 2 aromatic heterocycles. The average molecular weight is 687 g/mol. The van der Waals surface area contributed by atoms with E-state index in [9.17, 15) is 23.5 Å². The Labute approximate surface area is 283 Å². The number of halogens is 2. The number of carbonyl (C=O) groups excluding carboxylic acids is 2. The second-order valence-electron chi connectivity index (χ2n) is 14.3. The molecule has 0 atom stereocenters. The summed E-state index contributed by atoms with van der Waals surface area (Å²) in [6.45, 7) is 13.4. The van der Waals surface area contributed by atoms with Crippen molar-refractivity contribution in [2.24, 2.45) is 0 Å². The molecule has 266 valence electrons. The SMILES string of the molecule is CC(C)(C)OC(=O)N1CCC(c2noc3c(O)c(F)ccc23)CC1.COc1c(F)ccc2c(C3CCN(C(=O)OC(C)(C)C)CC3)noc12. The van der Waals surface area contributed by atoms with E-state index in [0.29, 0.717) is 55.7 Å². The van der Waals surface area contributed by atoms with Gasteiger partial charge in [0.25, 0.3) is 0 Å². The lowest BCUT2D eigenvalue weighted by molar-refractivity contribution is 0.0193. The summed E-state index contributed by atoms with van der Waals surface area (Å²) in [6, 6.07) is 5.79. The summed E-state index contributed by atoms with van der Waals surface area (Å²) in [5.41, 5.74) is 0.863. The molecule has 0 aliphatic carbocycles. The number of aromatic nitrogens is 2. The fourth-order valence-electron chi connectivity index (χ4n) is 6.06. The number of phenols is 1. The molecule has 0 unspecified atom stereocenters. The van der Waals surface area contributed by atoms with Crippen molar-refractivity contribution in [1.82, 2.24) is 20.1 Å². The van der Waals surface area contributed by atoms with Gasteiger partial charge in [-0.1, -0.05) is 10.3 Å². The largest absolute Gasteiger partial charge is 0.502 e. The van der Waals surface area contributed by atoms with Crippen molar-refractivity contribution in [3.8, 4) is 11.5 Å². The van der Waals surface area contributed by atoms with Crippen LogP contribution in [0, 0.1) is 11.6 Å². The van der Waals surface area contributed by atoms with E-state index in [4.69, 9.17) is 23.3 Å². The van der Waals surface area contributed by atoms with Crippen LogP contribution in [-0.2, 0) is 9.47 Å². The number of amides is 2. The summed E-state index contributed by atoms with van der Waals surface area (Å²) >= 11 is 0. The Morgan fingerprint density at radius 3 is 1.57 bits per heavy atom. The van der Waals surface area contributed by atoms with Crippen LogP contribution in [-0.4, -0.2) is 81.9 Å². The molecule has 0 spiro atoms. The molecular weight excluding hydrogens is 642 g/mol. The van der Waals surface area contributed by atoms with E-state index in [0.717, 1.165) is 23.9 Å². The number of fused-ring (bicyclic) bond motifs is 2. The highest BCUT2D eigenvalue weighted by atomic mass is 19.1. The fraction of sp³-hybridized carbons (Fsp3) is 0.543. The fourth-order valence-corrected chi connectivity index (χ4v) is 6.06. The van der Waals surface area contributed by atoms with Gasteiger partial charge in [-0.15, -0.1) is 0 Å². The third-order valence-corrected chi connectivity index (χ3v) is 8.44. The van der Waals surface area contributed by atoms with Gasteiger partial charge in [0.15, 0.2) is 17.4 Å². The van der Waals surface area contributed by atoms with E-state index in [1.807, 2.05) is 41.5 Å². The molecule has 2 aliphatic rings. The Hall–Kier alpha value is -4.62. The number of aromatic hydroxyl groups is 1.